The van der Waals surface area contributed by atoms with Crippen LogP contribution >= 0.6 is 0 Å². The number of aromatic nitrogens is 4. The molecule has 4 aromatic rings. The van der Waals surface area contributed by atoms with Gasteiger partial charge in [-0.2, -0.15) is 9.50 Å². The number of benzene rings is 2. The lowest BCUT2D eigenvalue weighted by atomic mass is 9.86. The largest absolute Gasteiger partial charge is 0.497 e. The van der Waals surface area contributed by atoms with E-state index >= 15 is 0 Å². The number of anilines is 1. The maximum atomic E-state index is 13.6. The summed E-state index contributed by atoms with van der Waals surface area (Å²) in [5, 5.41) is 2.96. The number of carbonyl (C=O) groups excluding carboxylic acids is 1. The number of nitrogens with zero attached hydrogens (tertiary/aromatic N) is 4. The zero-order valence-corrected chi connectivity index (χ0v) is 19.4. The fourth-order valence-corrected chi connectivity index (χ4v) is 3.57. The van der Waals surface area contributed by atoms with Crippen molar-refractivity contribution in [2.45, 2.75) is 39.7 Å². The zero-order valence-electron chi connectivity index (χ0n) is 19.4. The molecule has 0 unspecified atom stereocenters. The molecule has 1 amide bonds. The van der Waals surface area contributed by atoms with Crippen LogP contribution in [0.25, 0.3) is 5.78 Å². The van der Waals surface area contributed by atoms with Gasteiger partial charge in [-0.25, -0.2) is 4.98 Å². The Bertz CT molecular complexity index is 1350. The molecule has 0 atom stereocenters. The average molecular weight is 446 g/mol. The quantitative estimate of drug-likeness (QED) is 0.503. The number of hydrogen-bond donors (Lipinski definition) is 1. The van der Waals surface area contributed by atoms with E-state index < -0.39 is 0 Å². The Morgan fingerprint density at radius 2 is 1.73 bits per heavy atom. The van der Waals surface area contributed by atoms with Gasteiger partial charge in [0.2, 0.25) is 0 Å². The molecule has 0 saturated heterocycles. The van der Waals surface area contributed by atoms with Crippen LogP contribution in [-0.2, 0) is 12.0 Å². The van der Waals surface area contributed by atoms with Crippen LogP contribution in [0.15, 0.2) is 59.4 Å². The molecule has 0 spiro atoms. The Morgan fingerprint density at radius 1 is 1.06 bits per heavy atom. The van der Waals surface area contributed by atoms with E-state index in [2.05, 4.69) is 35.8 Å². The van der Waals surface area contributed by atoms with E-state index in [1.54, 1.807) is 31.1 Å². The van der Waals surface area contributed by atoms with Crippen molar-refractivity contribution < 1.29 is 9.53 Å². The first kappa shape index (κ1) is 22.3. The molecule has 4 rings (SSSR count). The van der Waals surface area contributed by atoms with Crippen molar-refractivity contribution in [2.75, 3.05) is 12.0 Å². The topological polar surface area (TPSA) is 92.6 Å². The number of fused-ring (bicyclic) bond motifs is 1. The monoisotopic (exact) mass is 445 g/mol. The van der Waals surface area contributed by atoms with Gasteiger partial charge in [-0.05, 0) is 54.3 Å². The van der Waals surface area contributed by atoms with Gasteiger partial charge in [0.15, 0.2) is 0 Å². The van der Waals surface area contributed by atoms with Crippen LogP contribution < -0.4 is 15.2 Å². The van der Waals surface area contributed by atoms with Gasteiger partial charge in [-0.15, -0.1) is 0 Å². The van der Waals surface area contributed by atoms with Gasteiger partial charge in [-0.1, -0.05) is 32.9 Å². The molecule has 2 heterocycles. The van der Waals surface area contributed by atoms with Crippen molar-refractivity contribution in [3.63, 3.8) is 0 Å². The summed E-state index contributed by atoms with van der Waals surface area (Å²) in [6, 6.07) is 16.3. The lowest BCUT2D eigenvalue weighted by Crippen LogP contribution is -2.31. The molecule has 170 valence electrons. The summed E-state index contributed by atoms with van der Waals surface area (Å²) >= 11 is 0. The van der Waals surface area contributed by atoms with Gasteiger partial charge in [0.25, 0.3) is 17.2 Å². The molecule has 2 aromatic heterocycles. The van der Waals surface area contributed by atoms with E-state index in [9.17, 15) is 9.59 Å². The van der Waals surface area contributed by atoms with Gasteiger partial charge in [0.1, 0.15) is 11.6 Å². The SMILES string of the molecule is COc1ccc(N(Cc2nc3nc(C)cc(=O)n3[nH]2)C(=O)c2ccc(C(C)(C)C)cc2)cc1. The van der Waals surface area contributed by atoms with Crippen LogP contribution in [0.2, 0.25) is 0 Å². The molecule has 0 aliphatic carbocycles. The van der Waals surface area contributed by atoms with Crippen molar-refractivity contribution in [3.8, 4) is 5.75 Å². The number of carbonyl (C=O) groups is 1. The highest BCUT2D eigenvalue weighted by Gasteiger charge is 2.22. The van der Waals surface area contributed by atoms with E-state index in [0.29, 0.717) is 28.5 Å². The first-order valence-corrected chi connectivity index (χ1v) is 10.7. The second-order valence-electron chi connectivity index (χ2n) is 8.96. The number of ether oxygens (including phenoxy) is 1. The van der Waals surface area contributed by atoms with Crippen LogP contribution in [0.1, 0.15) is 48.2 Å². The summed E-state index contributed by atoms with van der Waals surface area (Å²) < 4.78 is 6.53. The first-order chi connectivity index (χ1) is 15.7. The maximum absolute atomic E-state index is 13.6. The molecule has 33 heavy (non-hydrogen) atoms. The molecular formula is C25H27N5O3. The van der Waals surface area contributed by atoms with Gasteiger partial charge in [-0.3, -0.25) is 14.7 Å². The fourth-order valence-electron chi connectivity index (χ4n) is 3.57. The van der Waals surface area contributed by atoms with Crippen LogP contribution in [0.3, 0.4) is 0 Å². The molecule has 2 aromatic carbocycles. The lowest BCUT2D eigenvalue weighted by Gasteiger charge is -2.23. The first-order valence-electron chi connectivity index (χ1n) is 10.7. The normalized spacial score (nSPS) is 11.5. The number of H-pyrrole nitrogens is 1. The van der Waals surface area contributed by atoms with Crippen LogP contribution in [0.5, 0.6) is 5.75 Å². The molecule has 0 saturated carbocycles. The third-order valence-electron chi connectivity index (χ3n) is 5.44. The number of rotatable bonds is 5. The van der Waals surface area contributed by atoms with Gasteiger partial charge < -0.3 is 9.64 Å². The summed E-state index contributed by atoms with van der Waals surface area (Å²) in [5.41, 5.74) is 2.70. The maximum Gasteiger partial charge on any atom is 0.274 e. The second kappa shape index (κ2) is 8.54. The van der Waals surface area contributed by atoms with Crippen LogP contribution in [0.4, 0.5) is 5.69 Å². The van der Waals surface area contributed by atoms with Crippen LogP contribution in [-0.4, -0.2) is 32.6 Å². The molecule has 0 aliphatic rings. The van der Waals surface area contributed by atoms with Gasteiger partial charge >= 0.3 is 0 Å². The van der Waals surface area contributed by atoms with Gasteiger partial charge in [0.05, 0.1) is 13.7 Å². The molecule has 0 fully saturated rings. The molecular weight excluding hydrogens is 418 g/mol. The predicted octanol–water partition coefficient (Wildman–Crippen LogP) is 3.88. The van der Waals surface area contributed by atoms with E-state index in [1.165, 1.54) is 10.6 Å². The number of hydrogen-bond acceptors (Lipinski definition) is 5. The molecule has 0 radical (unpaired) electrons. The third kappa shape index (κ3) is 4.64. The Kier molecular flexibility index (Phi) is 5.76. The third-order valence-corrected chi connectivity index (χ3v) is 5.44. The van der Waals surface area contributed by atoms with Gasteiger partial charge in [0, 0.05) is 23.0 Å². The van der Waals surface area contributed by atoms with E-state index in [4.69, 9.17) is 4.74 Å². The minimum Gasteiger partial charge on any atom is -0.497 e. The summed E-state index contributed by atoms with van der Waals surface area (Å²) in [6.45, 7) is 8.27. The number of aryl methyl sites for hydroxylation is 1. The molecule has 0 aliphatic heterocycles. The number of nitrogens with one attached hydrogen (secondary N) is 1. The molecule has 8 nitrogen and oxygen atoms in total. The number of aromatic amines is 1. The zero-order chi connectivity index (χ0) is 23.8. The number of methoxy groups -OCH3 is 1. The second-order valence-corrected chi connectivity index (χ2v) is 8.96. The average Bonchev–Trinajstić information content (AvgIpc) is 3.19. The van der Waals surface area contributed by atoms with E-state index in [0.717, 1.165) is 5.56 Å². The summed E-state index contributed by atoms with van der Waals surface area (Å²) in [4.78, 5) is 36.2. The highest BCUT2D eigenvalue weighted by atomic mass is 16.5. The predicted molar refractivity (Wildman–Crippen MR) is 127 cm³/mol. The molecule has 8 heteroatoms. The van der Waals surface area contributed by atoms with Crippen LogP contribution in [0, 0.1) is 6.92 Å². The van der Waals surface area contributed by atoms with Crippen molar-refractivity contribution in [1.29, 1.82) is 0 Å². The summed E-state index contributed by atoms with van der Waals surface area (Å²) in [7, 11) is 1.59. The molecule has 1 N–H and O–H groups in total. The van der Waals surface area contributed by atoms with E-state index in [-0.39, 0.29) is 29.2 Å². The Morgan fingerprint density at radius 3 is 2.33 bits per heavy atom. The van der Waals surface area contributed by atoms with Crippen molar-refractivity contribution >= 4 is 17.4 Å². The lowest BCUT2D eigenvalue weighted by molar-refractivity contribution is 0.0984. The van der Waals surface area contributed by atoms with Crippen molar-refractivity contribution in [1.82, 2.24) is 19.6 Å². The molecule has 0 bridgehead atoms. The Balaban J connectivity index is 1.72. The minimum atomic E-state index is -0.253. The number of amides is 1. The smallest absolute Gasteiger partial charge is 0.274 e. The standard InChI is InChI=1S/C25H27N5O3/c1-16-14-22(31)30-24(26-16)27-21(28-30)15-29(19-10-12-20(33-5)13-11-19)23(32)17-6-8-18(9-7-17)25(2,3)4/h6-14H,15H2,1-5H3,(H,26,27,28). The minimum absolute atomic E-state index is 0.0100. The Hall–Kier alpha value is -3.94. The fraction of sp³-hybridized carbons (Fsp3) is 0.280. The van der Waals surface area contributed by atoms with Crippen molar-refractivity contribution in [3.05, 3.63) is 87.6 Å². The highest BCUT2D eigenvalue weighted by Crippen LogP contribution is 2.25. The summed E-state index contributed by atoms with van der Waals surface area (Å²) in [5.74, 6) is 1.22. The van der Waals surface area contributed by atoms with Crippen molar-refractivity contribution in [2.24, 2.45) is 0 Å². The summed E-state index contributed by atoms with van der Waals surface area (Å²) in [6.07, 6.45) is 0. The van der Waals surface area contributed by atoms with E-state index in [1.807, 2.05) is 36.4 Å². The highest BCUT2D eigenvalue weighted by molar-refractivity contribution is 6.06. The Labute approximate surface area is 191 Å².